The van der Waals surface area contributed by atoms with Crippen LogP contribution in [0.2, 0.25) is 20.1 Å². The molecule has 0 bridgehead atoms. The summed E-state index contributed by atoms with van der Waals surface area (Å²) in [5.41, 5.74) is 1.50. The predicted octanol–water partition coefficient (Wildman–Crippen LogP) is 6.72. The highest BCUT2D eigenvalue weighted by molar-refractivity contribution is 7.99. The molecule has 0 saturated carbocycles. The summed E-state index contributed by atoms with van der Waals surface area (Å²) >= 11 is 26.2. The Kier molecular flexibility index (Phi) is 11.0. The van der Waals surface area contributed by atoms with Gasteiger partial charge in [-0.3, -0.25) is 9.59 Å². The van der Waals surface area contributed by atoms with E-state index in [9.17, 15) is 9.59 Å². The van der Waals surface area contributed by atoms with Gasteiger partial charge < -0.3 is 10.2 Å². The molecular weight excluding hydrogens is 510 g/mol. The van der Waals surface area contributed by atoms with Crippen LogP contribution in [0.15, 0.2) is 36.4 Å². The van der Waals surface area contributed by atoms with Crippen LogP contribution in [0.5, 0.6) is 0 Å². The summed E-state index contributed by atoms with van der Waals surface area (Å²) in [6, 6.07) is 9.74. The summed E-state index contributed by atoms with van der Waals surface area (Å²) in [6.07, 6.45) is 0. The predicted molar refractivity (Wildman–Crippen MR) is 137 cm³/mol. The van der Waals surface area contributed by atoms with Crippen LogP contribution < -0.4 is 5.32 Å². The van der Waals surface area contributed by atoms with Crippen molar-refractivity contribution >= 4 is 70.0 Å². The SMILES string of the molecule is CC(C)CNC(=O)[C@H](C)N(Cc1ccc(Cl)cc1Cl)C(=O)CSCc1c(Cl)cccc1Cl. The number of hydrogen-bond donors (Lipinski definition) is 1. The lowest BCUT2D eigenvalue weighted by Crippen LogP contribution is -2.48. The first kappa shape index (κ1) is 27.1. The first-order valence-electron chi connectivity index (χ1n) is 10.1. The molecular formula is C23H26Cl4N2O2S. The van der Waals surface area contributed by atoms with Crippen molar-refractivity contribution in [1.29, 1.82) is 0 Å². The number of benzene rings is 2. The minimum absolute atomic E-state index is 0.161. The van der Waals surface area contributed by atoms with E-state index in [0.717, 1.165) is 5.56 Å². The molecule has 2 aromatic rings. The monoisotopic (exact) mass is 534 g/mol. The van der Waals surface area contributed by atoms with E-state index in [1.807, 2.05) is 13.8 Å². The number of carbonyl (C=O) groups is 2. The number of nitrogens with zero attached hydrogens (tertiary/aromatic N) is 1. The van der Waals surface area contributed by atoms with E-state index in [1.165, 1.54) is 16.7 Å². The third-order valence-corrected chi connectivity index (χ3v) is 6.98. The van der Waals surface area contributed by atoms with Crippen LogP contribution in [0.25, 0.3) is 0 Å². The number of carbonyl (C=O) groups excluding carboxylic acids is 2. The molecule has 0 heterocycles. The summed E-state index contributed by atoms with van der Waals surface area (Å²) in [7, 11) is 0. The second kappa shape index (κ2) is 13.0. The summed E-state index contributed by atoms with van der Waals surface area (Å²) in [6.45, 7) is 6.47. The van der Waals surface area contributed by atoms with Gasteiger partial charge in [0.05, 0.1) is 5.75 Å². The maximum atomic E-state index is 13.2. The van der Waals surface area contributed by atoms with E-state index in [4.69, 9.17) is 46.4 Å². The largest absolute Gasteiger partial charge is 0.354 e. The molecule has 2 rings (SSSR count). The van der Waals surface area contributed by atoms with Crippen LogP contribution in [0.4, 0.5) is 0 Å². The second-order valence-corrected chi connectivity index (χ2v) is 10.4. The fourth-order valence-corrected chi connectivity index (χ4v) is 4.98. The molecule has 0 aromatic heterocycles. The summed E-state index contributed by atoms with van der Waals surface area (Å²) < 4.78 is 0. The van der Waals surface area contributed by atoms with Gasteiger partial charge in [-0.25, -0.2) is 0 Å². The molecule has 9 heteroatoms. The van der Waals surface area contributed by atoms with Crippen molar-refractivity contribution in [3.8, 4) is 0 Å². The van der Waals surface area contributed by atoms with Crippen molar-refractivity contribution in [3.05, 3.63) is 67.6 Å². The average molecular weight is 536 g/mol. The number of rotatable bonds is 10. The van der Waals surface area contributed by atoms with Gasteiger partial charge in [-0.2, -0.15) is 0 Å². The molecule has 32 heavy (non-hydrogen) atoms. The maximum Gasteiger partial charge on any atom is 0.242 e. The van der Waals surface area contributed by atoms with E-state index in [1.54, 1.807) is 43.3 Å². The summed E-state index contributed by atoms with van der Waals surface area (Å²) in [5, 5.41) is 4.96. The minimum atomic E-state index is -0.669. The van der Waals surface area contributed by atoms with Gasteiger partial charge in [0, 0.05) is 38.9 Å². The number of thioether (sulfide) groups is 1. The lowest BCUT2D eigenvalue weighted by atomic mass is 10.1. The van der Waals surface area contributed by atoms with E-state index >= 15 is 0 Å². The van der Waals surface area contributed by atoms with Gasteiger partial charge in [0.15, 0.2) is 0 Å². The van der Waals surface area contributed by atoms with Crippen molar-refractivity contribution < 1.29 is 9.59 Å². The zero-order valence-electron chi connectivity index (χ0n) is 18.1. The van der Waals surface area contributed by atoms with Gasteiger partial charge in [-0.15, -0.1) is 11.8 Å². The molecule has 4 nitrogen and oxygen atoms in total. The smallest absolute Gasteiger partial charge is 0.242 e. The topological polar surface area (TPSA) is 49.4 Å². The van der Waals surface area contributed by atoms with E-state index < -0.39 is 6.04 Å². The van der Waals surface area contributed by atoms with Crippen molar-refractivity contribution in [2.24, 2.45) is 5.92 Å². The zero-order chi connectivity index (χ0) is 23.8. The second-order valence-electron chi connectivity index (χ2n) is 7.77. The highest BCUT2D eigenvalue weighted by Gasteiger charge is 2.27. The molecule has 0 spiro atoms. The van der Waals surface area contributed by atoms with Crippen molar-refractivity contribution in [1.82, 2.24) is 10.2 Å². The Bertz CT molecular complexity index is 935. The Morgan fingerprint density at radius 1 is 1.00 bits per heavy atom. The van der Waals surface area contributed by atoms with Crippen LogP contribution in [-0.2, 0) is 21.9 Å². The molecule has 1 N–H and O–H groups in total. The minimum Gasteiger partial charge on any atom is -0.354 e. The van der Waals surface area contributed by atoms with Crippen LogP contribution in [0, 0.1) is 5.92 Å². The molecule has 174 valence electrons. The van der Waals surface area contributed by atoms with E-state index in [2.05, 4.69) is 5.32 Å². The Hall–Kier alpha value is -1.11. The van der Waals surface area contributed by atoms with E-state index in [0.29, 0.717) is 43.9 Å². The Morgan fingerprint density at radius 3 is 2.25 bits per heavy atom. The molecule has 0 unspecified atom stereocenters. The molecule has 2 aromatic carbocycles. The van der Waals surface area contributed by atoms with Gasteiger partial charge in [0.25, 0.3) is 0 Å². The maximum absolute atomic E-state index is 13.2. The van der Waals surface area contributed by atoms with Gasteiger partial charge in [0.1, 0.15) is 6.04 Å². The third kappa shape index (κ3) is 8.03. The fourth-order valence-electron chi connectivity index (χ4n) is 2.86. The molecule has 1 atom stereocenters. The molecule has 2 amide bonds. The normalized spacial score (nSPS) is 12.0. The average Bonchev–Trinajstić information content (AvgIpc) is 2.73. The van der Waals surface area contributed by atoms with Gasteiger partial charge in [0.2, 0.25) is 11.8 Å². The summed E-state index contributed by atoms with van der Waals surface area (Å²) in [4.78, 5) is 27.4. The highest BCUT2D eigenvalue weighted by atomic mass is 35.5. The molecule has 0 aliphatic carbocycles. The van der Waals surface area contributed by atoms with Crippen LogP contribution in [0.3, 0.4) is 0 Å². The van der Waals surface area contributed by atoms with E-state index in [-0.39, 0.29) is 24.1 Å². The molecule has 0 radical (unpaired) electrons. The van der Waals surface area contributed by atoms with Crippen LogP contribution in [0.1, 0.15) is 31.9 Å². The number of amides is 2. The lowest BCUT2D eigenvalue weighted by molar-refractivity contribution is -0.138. The Morgan fingerprint density at radius 2 is 1.66 bits per heavy atom. The molecule has 0 aliphatic rings. The first-order valence-corrected chi connectivity index (χ1v) is 12.8. The Labute approximate surface area is 213 Å². The number of halogens is 4. The third-order valence-electron chi connectivity index (χ3n) is 4.74. The molecule has 0 fully saturated rings. The quantitative estimate of drug-likeness (QED) is 0.367. The van der Waals surface area contributed by atoms with Crippen molar-refractivity contribution in [2.45, 2.75) is 39.1 Å². The van der Waals surface area contributed by atoms with Gasteiger partial charge in [-0.05, 0) is 48.2 Å². The fraction of sp³-hybridized carbons (Fsp3) is 0.391. The highest BCUT2D eigenvalue weighted by Crippen LogP contribution is 2.29. The standard InChI is InChI=1S/C23H26Cl4N2O2S/c1-14(2)10-28-23(31)15(3)29(11-16-7-8-17(24)9-21(16)27)22(30)13-32-12-18-19(25)5-4-6-20(18)26/h4-9,14-15H,10-13H2,1-3H3,(H,28,31)/t15-/m0/s1. The lowest BCUT2D eigenvalue weighted by Gasteiger charge is -2.29. The van der Waals surface area contributed by atoms with Crippen LogP contribution in [-0.4, -0.2) is 35.1 Å². The van der Waals surface area contributed by atoms with Crippen LogP contribution >= 0.6 is 58.2 Å². The first-order chi connectivity index (χ1) is 15.1. The molecule has 0 saturated heterocycles. The molecule has 0 aliphatic heterocycles. The number of hydrogen-bond acceptors (Lipinski definition) is 3. The van der Waals surface area contributed by atoms with Crippen molar-refractivity contribution in [3.63, 3.8) is 0 Å². The number of nitrogens with one attached hydrogen (secondary N) is 1. The summed E-state index contributed by atoms with van der Waals surface area (Å²) in [5.74, 6) is 0.548. The van der Waals surface area contributed by atoms with Gasteiger partial charge in [-0.1, -0.05) is 72.4 Å². The Balaban J connectivity index is 2.14. The zero-order valence-corrected chi connectivity index (χ0v) is 22.0. The van der Waals surface area contributed by atoms with Gasteiger partial charge >= 0.3 is 0 Å². The van der Waals surface area contributed by atoms with Crippen molar-refractivity contribution in [2.75, 3.05) is 12.3 Å².